The summed E-state index contributed by atoms with van der Waals surface area (Å²) in [4.78, 5) is 39.0. The zero-order valence-electron chi connectivity index (χ0n) is 19.4. The lowest BCUT2D eigenvalue weighted by Gasteiger charge is -2.16. The largest absolute Gasteiger partial charge is 0.329 e. The minimum atomic E-state index is -0.581. The van der Waals surface area contributed by atoms with Gasteiger partial charge in [-0.15, -0.1) is 0 Å². The van der Waals surface area contributed by atoms with E-state index in [4.69, 9.17) is 0 Å². The molecule has 178 valence electrons. The molecule has 0 saturated carbocycles. The molecule has 1 atom stereocenters. The van der Waals surface area contributed by atoms with Crippen LogP contribution in [0.5, 0.6) is 0 Å². The van der Waals surface area contributed by atoms with E-state index in [0.29, 0.717) is 40.6 Å². The Balaban J connectivity index is 1.84. The first kappa shape index (κ1) is 25.3. The molecule has 3 rings (SSSR count). The van der Waals surface area contributed by atoms with E-state index in [0.717, 1.165) is 5.69 Å². The van der Waals surface area contributed by atoms with Gasteiger partial charge in [0.05, 0.1) is 35.1 Å². The fourth-order valence-corrected chi connectivity index (χ4v) is 4.40. The lowest BCUT2D eigenvalue weighted by atomic mass is 10.1. The van der Waals surface area contributed by atoms with Crippen molar-refractivity contribution in [3.05, 3.63) is 77.5 Å². The summed E-state index contributed by atoms with van der Waals surface area (Å²) in [6, 6.07) is 6.89. The van der Waals surface area contributed by atoms with Crippen molar-refractivity contribution < 1.29 is 14.0 Å². The number of alkyl halides is 1. The van der Waals surface area contributed by atoms with Gasteiger partial charge in [0.1, 0.15) is 6.67 Å². The highest BCUT2D eigenvalue weighted by Gasteiger charge is 2.37. The Labute approximate surface area is 203 Å². The zero-order chi connectivity index (χ0) is 24.5. The predicted molar refractivity (Wildman–Crippen MR) is 133 cm³/mol. The molecule has 1 aromatic heterocycles. The molecule has 0 bridgehead atoms. The summed E-state index contributed by atoms with van der Waals surface area (Å²) in [6.07, 6.45) is 10.0. The van der Waals surface area contributed by atoms with Gasteiger partial charge in [0.25, 0.3) is 0 Å². The molecule has 34 heavy (non-hydrogen) atoms. The Kier molecular flexibility index (Phi) is 9.09. The standard InChI is InChI=1S/C25H28FN5O2S/c1-17(2)10-20(29-16-32)7-5-9-23-24(33)31(15-22-14-27-18(3)13-28-22)25(34-23)30-21-8-4-6-19(11-21)12-26/h4-8,10-11,13-14,16-17,23H,9,12,15H2,1-3H3,(H,29,32)/b7-5-,20-10+,30-25?. The number of aliphatic imine (C=N–C) groups is 1. The van der Waals surface area contributed by atoms with Crippen LogP contribution in [0, 0.1) is 12.8 Å². The Morgan fingerprint density at radius 2 is 2.15 bits per heavy atom. The molecule has 0 spiro atoms. The first-order valence-electron chi connectivity index (χ1n) is 11.0. The molecule has 2 heterocycles. The summed E-state index contributed by atoms with van der Waals surface area (Å²) in [5, 5.41) is 2.82. The maximum Gasteiger partial charge on any atom is 0.242 e. The second-order valence-corrected chi connectivity index (χ2v) is 9.31. The number of rotatable bonds is 10. The lowest BCUT2D eigenvalue weighted by molar-refractivity contribution is -0.126. The number of benzene rings is 1. The van der Waals surface area contributed by atoms with Crippen LogP contribution < -0.4 is 5.32 Å². The summed E-state index contributed by atoms with van der Waals surface area (Å²) in [7, 11) is 0. The number of aromatic nitrogens is 2. The molecule has 1 aliphatic rings. The van der Waals surface area contributed by atoms with E-state index in [1.54, 1.807) is 47.6 Å². The van der Waals surface area contributed by atoms with Crippen molar-refractivity contribution in [2.45, 2.75) is 45.7 Å². The monoisotopic (exact) mass is 481 g/mol. The average Bonchev–Trinajstić information content (AvgIpc) is 3.09. The maximum atomic E-state index is 13.3. The van der Waals surface area contributed by atoms with Crippen LogP contribution in [-0.4, -0.2) is 37.6 Å². The molecule has 9 heteroatoms. The molecule has 1 saturated heterocycles. The van der Waals surface area contributed by atoms with Crippen LogP contribution in [0.4, 0.5) is 10.1 Å². The van der Waals surface area contributed by atoms with Crippen molar-refractivity contribution in [1.82, 2.24) is 20.2 Å². The summed E-state index contributed by atoms with van der Waals surface area (Å²) in [6.45, 7) is 5.54. The smallest absolute Gasteiger partial charge is 0.242 e. The molecule has 0 aliphatic carbocycles. The van der Waals surface area contributed by atoms with Crippen molar-refractivity contribution in [3.63, 3.8) is 0 Å². The molecule has 0 radical (unpaired) electrons. The van der Waals surface area contributed by atoms with Gasteiger partial charge >= 0.3 is 0 Å². The van der Waals surface area contributed by atoms with Crippen LogP contribution in [0.15, 0.2) is 65.6 Å². The average molecular weight is 482 g/mol. The van der Waals surface area contributed by atoms with E-state index in [1.807, 2.05) is 32.9 Å². The molecule has 1 N–H and O–H groups in total. The van der Waals surface area contributed by atoms with Crippen molar-refractivity contribution >= 4 is 34.9 Å². The number of carbonyl (C=O) groups excluding carboxylic acids is 2. The fraction of sp³-hybridized carbons (Fsp3) is 0.320. The Morgan fingerprint density at radius 1 is 1.32 bits per heavy atom. The highest BCUT2D eigenvalue weighted by Crippen LogP contribution is 2.33. The first-order chi connectivity index (χ1) is 16.4. The Morgan fingerprint density at radius 3 is 2.82 bits per heavy atom. The Hall–Kier alpha value is -3.33. The van der Waals surface area contributed by atoms with Gasteiger partial charge in [0.15, 0.2) is 5.17 Å². The normalized spacial score (nSPS) is 17.9. The lowest BCUT2D eigenvalue weighted by Crippen LogP contribution is -2.32. The Bertz CT molecular complexity index is 1100. The quantitative estimate of drug-likeness (QED) is 0.395. The number of hydrogen-bond donors (Lipinski definition) is 1. The summed E-state index contributed by atoms with van der Waals surface area (Å²) in [5.41, 5.74) is 3.24. The third kappa shape index (κ3) is 7.08. The molecular weight excluding hydrogens is 453 g/mol. The number of nitrogens with one attached hydrogen (secondary N) is 1. The van der Waals surface area contributed by atoms with Gasteiger partial charge in [0.2, 0.25) is 12.3 Å². The van der Waals surface area contributed by atoms with Gasteiger partial charge < -0.3 is 5.32 Å². The van der Waals surface area contributed by atoms with E-state index >= 15 is 0 Å². The number of carbonyl (C=O) groups is 2. The number of halogens is 1. The highest BCUT2D eigenvalue weighted by molar-refractivity contribution is 8.15. The van der Waals surface area contributed by atoms with Gasteiger partial charge in [0, 0.05) is 11.9 Å². The number of nitrogens with zero attached hydrogens (tertiary/aromatic N) is 4. The van der Waals surface area contributed by atoms with Gasteiger partial charge in [-0.2, -0.15) is 0 Å². The van der Waals surface area contributed by atoms with E-state index in [9.17, 15) is 14.0 Å². The second-order valence-electron chi connectivity index (χ2n) is 8.14. The summed E-state index contributed by atoms with van der Waals surface area (Å²) < 4.78 is 13.1. The number of amidine groups is 1. The molecule has 1 unspecified atom stereocenters. The summed E-state index contributed by atoms with van der Waals surface area (Å²) >= 11 is 1.36. The number of amides is 2. The highest BCUT2D eigenvalue weighted by atomic mass is 32.2. The minimum Gasteiger partial charge on any atom is -0.329 e. The number of allylic oxidation sites excluding steroid dienone is 3. The van der Waals surface area contributed by atoms with Crippen molar-refractivity contribution in [1.29, 1.82) is 0 Å². The molecule has 2 amide bonds. The van der Waals surface area contributed by atoms with E-state index < -0.39 is 6.67 Å². The SMILES string of the molecule is Cc1cnc(CN2C(=O)C(C/C=C\C(=C/C(C)C)NC=O)SC2=Nc2cccc(CF)c2)cn1. The van der Waals surface area contributed by atoms with E-state index in [1.165, 1.54) is 11.8 Å². The van der Waals surface area contributed by atoms with Crippen LogP contribution in [0.25, 0.3) is 0 Å². The van der Waals surface area contributed by atoms with Crippen molar-refractivity contribution in [2.75, 3.05) is 0 Å². The molecule has 1 aromatic carbocycles. The second kappa shape index (κ2) is 12.2. The van der Waals surface area contributed by atoms with Crippen LogP contribution in [-0.2, 0) is 22.8 Å². The topological polar surface area (TPSA) is 87.5 Å². The first-order valence-corrected chi connectivity index (χ1v) is 11.8. The fourth-order valence-electron chi connectivity index (χ4n) is 3.27. The van der Waals surface area contributed by atoms with E-state index in [-0.39, 0.29) is 23.6 Å². The number of hydrogen-bond acceptors (Lipinski definition) is 6. The van der Waals surface area contributed by atoms with E-state index in [2.05, 4.69) is 20.3 Å². The minimum absolute atomic E-state index is 0.0878. The number of aryl methyl sites for hydroxylation is 1. The summed E-state index contributed by atoms with van der Waals surface area (Å²) in [5.74, 6) is 0.176. The van der Waals surface area contributed by atoms with Crippen molar-refractivity contribution in [2.24, 2.45) is 10.9 Å². The molecular formula is C25H28FN5O2S. The van der Waals surface area contributed by atoms with Crippen LogP contribution in [0.2, 0.25) is 0 Å². The molecule has 7 nitrogen and oxygen atoms in total. The van der Waals surface area contributed by atoms with Crippen molar-refractivity contribution in [3.8, 4) is 0 Å². The van der Waals surface area contributed by atoms with Crippen LogP contribution in [0.1, 0.15) is 37.2 Å². The maximum absolute atomic E-state index is 13.3. The predicted octanol–water partition coefficient (Wildman–Crippen LogP) is 4.62. The third-order valence-corrected chi connectivity index (χ3v) is 6.05. The molecule has 1 aliphatic heterocycles. The van der Waals surface area contributed by atoms with Crippen LogP contribution in [0.3, 0.4) is 0 Å². The van der Waals surface area contributed by atoms with Crippen LogP contribution >= 0.6 is 11.8 Å². The molecule has 1 fully saturated rings. The van der Waals surface area contributed by atoms with Gasteiger partial charge in [-0.05, 0) is 43.0 Å². The van der Waals surface area contributed by atoms with Gasteiger partial charge in [-0.25, -0.2) is 9.38 Å². The molecule has 2 aromatic rings. The number of thioether (sulfide) groups is 1. The third-order valence-electron chi connectivity index (χ3n) is 4.85. The zero-order valence-corrected chi connectivity index (χ0v) is 20.3. The van der Waals surface area contributed by atoms with Gasteiger partial charge in [-0.1, -0.05) is 49.9 Å². The van der Waals surface area contributed by atoms with Gasteiger partial charge in [-0.3, -0.25) is 24.5 Å².